The standard InChI is InChI=1S/C14H16ClIN4O2/c1-14(2,3)22-13(21)20(12-5-6-18-19(12)4)11-7-10(16)9(15)8-17-11/h5-8H,1-4H3. The molecular weight excluding hydrogens is 419 g/mol. The van der Waals surface area contributed by atoms with Gasteiger partial charge in [-0.15, -0.1) is 0 Å². The first kappa shape index (κ1) is 17.0. The van der Waals surface area contributed by atoms with Crippen LogP contribution in [-0.2, 0) is 11.8 Å². The van der Waals surface area contributed by atoms with Crippen LogP contribution in [0, 0.1) is 3.57 Å². The lowest BCUT2D eigenvalue weighted by molar-refractivity contribution is 0.0596. The van der Waals surface area contributed by atoms with Crippen molar-refractivity contribution in [2.45, 2.75) is 26.4 Å². The van der Waals surface area contributed by atoms with Crippen LogP contribution in [0.2, 0.25) is 5.02 Å². The summed E-state index contributed by atoms with van der Waals surface area (Å²) in [4.78, 5) is 18.2. The summed E-state index contributed by atoms with van der Waals surface area (Å²) in [7, 11) is 1.74. The molecule has 8 heteroatoms. The van der Waals surface area contributed by atoms with E-state index in [-0.39, 0.29) is 0 Å². The van der Waals surface area contributed by atoms with Crippen molar-refractivity contribution in [3.8, 4) is 0 Å². The van der Waals surface area contributed by atoms with Gasteiger partial charge in [-0.3, -0.25) is 4.68 Å². The summed E-state index contributed by atoms with van der Waals surface area (Å²) in [6.45, 7) is 5.43. The molecule has 0 aliphatic heterocycles. The van der Waals surface area contributed by atoms with Crippen molar-refractivity contribution < 1.29 is 9.53 Å². The second kappa shape index (κ2) is 6.41. The molecule has 2 aromatic heterocycles. The second-order valence-electron chi connectivity index (χ2n) is 5.59. The van der Waals surface area contributed by atoms with Crippen molar-refractivity contribution in [2.75, 3.05) is 4.90 Å². The normalized spacial score (nSPS) is 11.4. The molecule has 6 nitrogen and oxygen atoms in total. The fourth-order valence-electron chi connectivity index (χ4n) is 1.72. The van der Waals surface area contributed by atoms with Crippen LogP contribution in [0.15, 0.2) is 24.5 Å². The summed E-state index contributed by atoms with van der Waals surface area (Å²) in [5.41, 5.74) is -0.618. The zero-order chi connectivity index (χ0) is 16.5. The van der Waals surface area contributed by atoms with E-state index in [1.807, 2.05) is 20.8 Å². The fraction of sp³-hybridized carbons (Fsp3) is 0.357. The quantitative estimate of drug-likeness (QED) is 0.666. The van der Waals surface area contributed by atoms with Gasteiger partial charge in [-0.25, -0.2) is 14.7 Å². The highest BCUT2D eigenvalue weighted by molar-refractivity contribution is 14.1. The van der Waals surface area contributed by atoms with Gasteiger partial charge in [0.2, 0.25) is 0 Å². The van der Waals surface area contributed by atoms with E-state index in [4.69, 9.17) is 16.3 Å². The molecule has 22 heavy (non-hydrogen) atoms. The number of aromatic nitrogens is 3. The molecule has 0 aliphatic carbocycles. The minimum atomic E-state index is -0.618. The molecule has 2 aromatic rings. The van der Waals surface area contributed by atoms with Gasteiger partial charge in [-0.2, -0.15) is 5.10 Å². The Balaban J connectivity index is 2.48. The van der Waals surface area contributed by atoms with E-state index in [0.717, 1.165) is 3.57 Å². The molecule has 0 aliphatic rings. The SMILES string of the molecule is Cn1nccc1N(C(=O)OC(C)(C)C)c1cc(I)c(Cl)cn1. The van der Waals surface area contributed by atoms with Crippen LogP contribution >= 0.6 is 34.2 Å². The largest absolute Gasteiger partial charge is 0.443 e. The van der Waals surface area contributed by atoms with Crippen LogP contribution in [-0.4, -0.2) is 26.5 Å². The molecule has 0 bridgehead atoms. The Hall–Kier alpha value is -1.35. The zero-order valence-corrected chi connectivity index (χ0v) is 15.6. The maximum Gasteiger partial charge on any atom is 0.421 e. The number of rotatable bonds is 2. The van der Waals surface area contributed by atoms with Crippen molar-refractivity contribution in [1.29, 1.82) is 0 Å². The first-order valence-electron chi connectivity index (χ1n) is 6.51. The summed E-state index contributed by atoms with van der Waals surface area (Å²) in [6.07, 6.45) is 2.58. The molecule has 0 saturated heterocycles. The first-order chi connectivity index (χ1) is 10.2. The lowest BCUT2D eigenvalue weighted by Crippen LogP contribution is -2.35. The van der Waals surface area contributed by atoms with E-state index >= 15 is 0 Å². The molecule has 2 heterocycles. The van der Waals surface area contributed by atoms with Crippen LogP contribution in [0.25, 0.3) is 0 Å². The van der Waals surface area contributed by atoms with Gasteiger partial charge < -0.3 is 4.74 Å². The van der Waals surface area contributed by atoms with Crippen molar-refractivity contribution in [3.05, 3.63) is 33.1 Å². The van der Waals surface area contributed by atoms with Crippen molar-refractivity contribution in [2.24, 2.45) is 7.05 Å². The van der Waals surface area contributed by atoms with Crippen molar-refractivity contribution in [1.82, 2.24) is 14.8 Å². The van der Waals surface area contributed by atoms with E-state index in [9.17, 15) is 4.79 Å². The number of pyridine rings is 1. The van der Waals surface area contributed by atoms with Crippen LogP contribution < -0.4 is 4.90 Å². The van der Waals surface area contributed by atoms with E-state index in [1.54, 1.807) is 30.1 Å². The predicted octanol–water partition coefficient (Wildman–Crippen LogP) is 4.15. The summed E-state index contributed by atoms with van der Waals surface area (Å²) >= 11 is 8.09. The highest BCUT2D eigenvalue weighted by Crippen LogP contribution is 2.28. The van der Waals surface area contributed by atoms with Gasteiger partial charge in [0.05, 0.1) is 11.2 Å². The average Bonchev–Trinajstić information content (AvgIpc) is 2.78. The number of halogens is 2. The number of carbonyl (C=O) groups excluding carboxylic acids is 1. The molecule has 0 saturated carbocycles. The number of hydrogen-bond donors (Lipinski definition) is 0. The Labute approximate surface area is 147 Å². The minimum Gasteiger partial charge on any atom is -0.443 e. The molecule has 0 N–H and O–H groups in total. The van der Waals surface area contributed by atoms with E-state index in [2.05, 4.69) is 32.7 Å². The molecule has 2 rings (SSSR count). The van der Waals surface area contributed by atoms with Gasteiger partial charge in [0, 0.05) is 22.9 Å². The van der Waals surface area contributed by atoms with Crippen LogP contribution in [0.3, 0.4) is 0 Å². The number of hydrogen-bond acceptors (Lipinski definition) is 4. The van der Waals surface area contributed by atoms with Crippen molar-refractivity contribution >= 4 is 51.9 Å². The Morgan fingerprint density at radius 2 is 2.14 bits per heavy atom. The molecule has 0 unspecified atom stereocenters. The number of carbonyl (C=O) groups is 1. The summed E-state index contributed by atoms with van der Waals surface area (Å²) in [5.74, 6) is 0.978. The second-order valence-corrected chi connectivity index (χ2v) is 7.15. The van der Waals surface area contributed by atoms with Crippen molar-refractivity contribution in [3.63, 3.8) is 0 Å². The van der Waals surface area contributed by atoms with Gasteiger partial charge in [0.15, 0.2) is 0 Å². The Morgan fingerprint density at radius 3 is 2.64 bits per heavy atom. The number of nitrogens with zero attached hydrogens (tertiary/aromatic N) is 4. The summed E-state index contributed by atoms with van der Waals surface area (Å²) in [6, 6.07) is 3.44. The lowest BCUT2D eigenvalue weighted by Gasteiger charge is -2.26. The van der Waals surface area contributed by atoms with E-state index in [1.165, 1.54) is 11.1 Å². The Kier molecular flexibility index (Phi) is 4.96. The molecule has 0 radical (unpaired) electrons. The maximum absolute atomic E-state index is 12.6. The summed E-state index contributed by atoms with van der Waals surface area (Å²) < 4.78 is 7.84. The van der Waals surface area contributed by atoms with E-state index in [0.29, 0.717) is 16.7 Å². The molecular formula is C14H16ClIN4O2. The Bertz CT molecular complexity index is 696. The monoisotopic (exact) mass is 434 g/mol. The summed E-state index contributed by atoms with van der Waals surface area (Å²) in [5, 5.41) is 4.62. The molecule has 0 fully saturated rings. The number of amides is 1. The van der Waals surface area contributed by atoms with Crippen LogP contribution in [0.1, 0.15) is 20.8 Å². The third kappa shape index (κ3) is 3.89. The topological polar surface area (TPSA) is 60.2 Å². The number of aryl methyl sites for hydroxylation is 1. The molecule has 0 spiro atoms. The third-order valence-electron chi connectivity index (χ3n) is 2.62. The van der Waals surface area contributed by atoms with Gasteiger partial charge in [0.25, 0.3) is 0 Å². The molecule has 0 atom stereocenters. The van der Waals surface area contributed by atoms with Gasteiger partial charge in [-0.1, -0.05) is 11.6 Å². The average molecular weight is 435 g/mol. The van der Waals surface area contributed by atoms with Gasteiger partial charge in [-0.05, 0) is 49.4 Å². The smallest absolute Gasteiger partial charge is 0.421 e. The Morgan fingerprint density at radius 1 is 1.45 bits per heavy atom. The first-order valence-corrected chi connectivity index (χ1v) is 7.97. The predicted molar refractivity (Wildman–Crippen MR) is 93.5 cm³/mol. The molecule has 0 aromatic carbocycles. The van der Waals surface area contributed by atoms with Crippen LogP contribution in [0.5, 0.6) is 0 Å². The fourth-order valence-corrected chi connectivity index (χ4v) is 2.25. The van der Waals surface area contributed by atoms with E-state index < -0.39 is 11.7 Å². The zero-order valence-electron chi connectivity index (χ0n) is 12.7. The number of ether oxygens (including phenoxy) is 1. The maximum atomic E-state index is 12.6. The highest BCUT2D eigenvalue weighted by atomic mass is 127. The van der Waals surface area contributed by atoms with Gasteiger partial charge in [0.1, 0.15) is 17.2 Å². The molecule has 118 valence electrons. The highest BCUT2D eigenvalue weighted by Gasteiger charge is 2.28. The van der Waals surface area contributed by atoms with Gasteiger partial charge >= 0.3 is 6.09 Å². The number of anilines is 2. The van der Waals surface area contributed by atoms with Crippen LogP contribution in [0.4, 0.5) is 16.4 Å². The minimum absolute atomic E-state index is 0.423. The lowest BCUT2D eigenvalue weighted by atomic mass is 10.2. The third-order valence-corrected chi connectivity index (χ3v) is 4.14. The molecule has 1 amide bonds.